The van der Waals surface area contributed by atoms with Crippen molar-refractivity contribution in [3.63, 3.8) is 0 Å². The highest BCUT2D eigenvalue weighted by Gasteiger charge is 2.05. The highest BCUT2D eigenvalue weighted by atomic mass is 19.1. The molecule has 0 bridgehead atoms. The third-order valence-electron chi connectivity index (χ3n) is 1.46. The molecule has 0 saturated carbocycles. The number of hydrogen-bond acceptors (Lipinski definition) is 2. The molecule has 0 aliphatic heterocycles. The average Bonchev–Trinajstić information content (AvgIpc) is 2.04. The summed E-state index contributed by atoms with van der Waals surface area (Å²) in [6.07, 6.45) is 0.450. The van der Waals surface area contributed by atoms with E-state index in [9.17, 15) is 9.18 Å². The lowest BCUT2D eigenvalue weighted by molar-refractivity contribution is -0.109. The molecular weight excluding hydrogens is 161 g/mol. The Morgan fingerprint density at radius 3 is 2.92 bits per heavy atom. The molecule has 3 nitrogen and oxygen atoms in total. The number of hydrogen-bond donors (Lipinski definition) is 2. The molecule has 0 radical (unpaired) electrons. The fourth-order valence-corrected chi connectivity index (χ4v) is 0.866. The van der Waals surface area contributed by atoms with Crippen LogP contribution in [0.5, 0.6) is 5.75 Å². The van der Waals surface area contributed by atoms with Gasteiger partial charge in [-0.15, -0.1) is 0 Å². The number of phenols is 1. The van der Waals surface area contributed by atoms with Gasteiger partial charge in [0.1, 0.15) is 11.6 Å². The first-order valence-electron chi connectivity index (χ1n) is 3.39. The van der Waals surface area contributed by atoms with Crippen molar-refractivity contribution in [1.82, 2.24) is 5.32 Å². The van der Waals surface area contributed by atoms with Crippen LogP contribution in [0.4, 0.5) is 4.39 Å². The second-order valence-corrected chi connectivity index (χ2v) is 2.24. The summed E-state index contributed by atoms with van der Waals surface area (Å²) in [4.78, 5) is 9.89. The van der Waals surface area contributed by atoms with Crippen LogP contribution in [0.3, 0.4) is 0 Å². The van der Waals surface area contributed by atoms with Crippen LogP contribution < -0.4 is 5.32 Å². The fourth-order valence-electron chi connectivity index (χ4n) is 0.866. The molecule has 0 spiro atoms. The zero-order valence-corrected chi connectivity index (χ0v) is 6.25. The lowest BCUT2D eigenvalue weighted by atomic mass is 10.2. The third-order valence-corrected chi connectivity index (χ3v) is 1.46. The van der Waals surface area contributed by atoms with Gasteiger partial charge in [0.05, 0.1) is 0 Å². The molecule has 0 atom stereocenters. The van der Waals surface area contributed by atoms with Crippen LogP contribution in [0.2, 0.25) is 0 Å². The van der Waals surface area contributed by atoms with Crippen LogP contribution >= 0.6 is 0 Å². The third kappa shape index (κ3) is 1.72. The molecule has 1 aromatic carbocycles. The fraction of sp³-hybridized carbons (Fsp3) is 0.125. The van der Waals surface area contributed by atoms with E-state index in [4.69, 9.17) is 5.11 Å². The van der Waals surface area contributed by atoms with Crippen LogP contribution in [0.15, 0.2) is 18.2 Å². The van der Waals surface area contributed by atoms with Crippen LogP contribution in [-0.4, -0.2) is 11.5 Å². The highest BCUT2D eigenvalue weighted by Crippen LogP contribution is 2.18. The number of carbonyl (C=O) groups excluding carboxylic acids is 1. The minimum atomic E-state index is -0.524. The number of phenolic OH excluding ortho intramolecular Hbond substituents is 1. The largest absolute Gasteiger partial charge is 0.507 e. The number of aromatic hydroxyl groups is 1. The van der Waals surface area contributed by atoms with Gasteiger partial charge in [-0.05, 0) is 12.1 Å². The summed E-state index contributed by atoms with van der Waals surface area (Å²) in [6, 6.07) is 3.99. The molecule has 0 heterocycles. The van der Waals surface area contributed by atoms with Gasteiger partial charge < -0.3 is 10.4 Å². The Bertz CT molecular complexity index is 268. The second kappa shape index (κ2) is 3.71. The topological polar surface area (TPSA) is 49.3 Å². The van der Waals surface area contributed by atoms with E-state index in [1.807, 2.05) is 0 Å². The van der Waals surface area contributed by atoms with E-state index in [-0.39, 0.29) is 17.9 Å². The standard InChI is InChI=1S/C8H8FNO2/c9-7-2-1-3-8(12)6(7)4-10-5-11/h1-3,5,12H,4H2,(H,10,11). The summed E-state index contributed by atoms with van der Waals surface area (Å²) in [7, 11) is 0. The number of halogens is 1. The molecular formula is C8H8FNO2. The zero-order chi connectivity index (χ0) is 8.97. The van der Waals surface area contributed by atoms with E-state index >= 15 is 0 Å². The van der Waals surface area contributed by atoms with Crippen molar-refractivity contribution in [2.75, 3.05) is 0 Å². The number of nitrogens with one attached hydrogen (secondary N) is 1. The van der Waals surface area contributed by atoms with Crippen molar-refractivity contribution < 1.29 is 14.3 Å². The van der Waals surface area contributed by atoms with Gasteiger partial charge >= 0.3 is 0 Å². The summed E-state index contributed by atoms with van der Waals surface area (Å²) in [6.45, 7) is 0.00199. The van der Waals surface area contributed by atoms with Crippen LogP contribution in [-0.2, 0) is 11.3 Å². The van der Waals surface area contributed by atoms with Gasteiger partial charge in [0.25, 0.3) is 0 Å². The number of carbonyl (C=O) groups is 1. The molecule has 1 aromatic rings. The predicted octanol–water partition coefficient (Wildman–Crippen LogP) is 0.777. The van der Waals surface area contributed by atoms with E-state index in [0.29, 0.717) is 6.41 Å². The maximum atomic E-state index is 12.9. The molecule has 64 valence electrons. The zero-order valence-electron chi connectivity index (χ0n) is 6.25. The maximum absolute atomic E-state index is 12.9. The van der Waals surface area contributed by atoms with E-state index in [2.05, 4.69) is 5.32 Å². The Kier molecular flexibility index (Phi) is 2.63. The Labute approximate surface area is 68.8 Å². The molecule has 1 amide bonds. The first-order valence-corrected chi connectivity index (χ1v) is 3.39. The monoisotopic (exact) mass is 169 g/mol. The number of benzene rings is 1. The molecule has 0 unspecified atom stereocenters. The summed E-state index contributed by atoms with van der Waals surface area (Å²) in [5, 5.41) is 11.4. The first kappa shape index (κ1) is 8.52. The minimum absolute atomic E-state index is 0.00199. The molecule has 1 rings (SSSR count). The minimum Gasteiger partial charge on any atom is -0.507 e. The first-order chi connectivity index (χ1) is 5.75. The Balaban J connectivity index is 2.88. The van der Waals surface area contributed by atoms with E-state index in [1.165, 1.54) is 18.2 Å². The highest BCUT2D eigenvalue weighted by molar-refractivity contribution is 5.47. The van der Waals surface area contributed by atoms with Gasteiger partial charge in [-0.3, -0.25) is 4.79 Å². The lowest BCUT2D eigenvalue weighted by Crippen LogP contribution is -2.11. The van der Waals surface area contributed by atoms with E-state index in [1.54, 1.807) is 0 Å². The Morgan fingerprint density at radius 1 is 1.58 bits per heavy atom. The quantitative estimate of drug-likeness (QED) is 0.657. The van der Waals surface area contributed by atoms with Gasteiger partial charge in [0.15, 0.2) is 0 Å². The Morgan fingerprint density at radius 2 is 2.33 bits per heavy atom. The SMILES string of the molecule is O=CNCc1c(O)cccc1F. The Hall–Kier alpha value is -1.58. The van der Waals surface area contributed by atoms with Crippen molar-refractivity contribution >= 4 is 6.41 Å². The van der Waals surface area contributed by atoms with Crippen molar-refractivity contribution in [2.45, 2.75) is 6.54 Å². The maximum Gasteiger partial charge on any atom is 0.207 e. The van der Waals surface area contributed by atoms with Crippen LogP contribution in [0.25, 0.3) is 0 Å². The number of amides is 1. The van der Waals surface area contributed by atoms with Crippen molar-refractivity contribution in [1.29, 1.82) is 0 Å². The molecule has 0 aromatic heterocycles. The molecule has 0 fully saturated rings. The average molecular weight is 169 g/mol. The van der Waals surface area contributed by atoms with Crippen molar-refractivity contribution in [3.05, 3.63) is 29.6 Å². The van der Waals surface area contributed by atoms with E-state index in [0.717, 1.165) is 0 Å². The molecule has 2 N–H and O–H groups in total. The molecule has 0 aliphatic rings. The lowest BCUT2D eigenvalue weighted by Gasteiger charge is -2.03. The number of rotatable bonds is 3. The predicted molar refractivity (Wildman–Crippen MR) is 41.0 cm³/mol. The van der Waals surface area contributed by atoms with Gasteiger partial charge in [-0.2, -0.15) is 0 Å². The molecule has 12 heavy (non-hydrogen) atoms. The van der Waals surface area contributed by atoms with Crippen molar-refractivity contribution in [3.8, 4) is 5.75 Å². The second-order valence-electron chi connectivity index (χ2n) is 2.24. The van der Waals surface area contributed by atoms with Gasteiger partial charge in [0, 0.05) is 12.1 Å². The van der Waals surface area contributed by atoms with Gasteiger partial charge in [-0.1, -0.05) is 6.07 Å². The van der Waals surface area contributed by atoms with Gasteiger partial charge in [-0.25, -0.2) is 4.39 Å². The van der Waals surface area contributed by atoms with Crippen molar-refractivity contribution in [2.24, 2.45) is 0 Å². The molecule has 0 aliphatic carbocycles. The molecule has 4 heteroatoms. The summed E-state index contributed by atoms with van der Waals surface area (Å²) in [5.41, 5.74) is 0.101. The van der Waals surface area contributed by atoms with E-state index < -0.39 is 5.82 Å². The van der Waals surface area contributed by atoms with Crippen LogP contribution in [0.1, 0.15) is 5.56 Å². The van der Waals surface area contributed by atoms with Gasteiger partial charge in [0.2, 0.25) is 6.41 Å². The summed E-state index contributed by atoms with van der Waals surface area (Å²) in [5.74, 6) is -0.672. The normalized spacial score (nSPS) is 9.42. The summed E-state index contributed by atoms with van der Waals surface area (Å²) >= 11 is 0. The summed E-state index contributed by atoms with van der Waals surface area (Å²) < 4.78 is 12.9. The molecule has 0 saturated heterocycles. The van der Waals surface area contributed by atoms with Crippen LogP contribution in [0, 0.1) is 5.82 Å². The smallest absolute Gasteiger partial charge is 0.207 e.